The lowest BCUT2D eigenvalue weighted by molar-refractivity contribution is -0.142. The Morgan fingerprint density at radius 2 is 2.12 bits per heavy atom. The number of imide groups is 1. The van der Waals surface area contributed by atoms with E-state index in [9.17, 15) is 9.59 Å². The fourth-order valence-electron chi connectivity index (χ4n) is 2.19. The van der Waals surface area contributed by atoms with E-state index < -0.39 is 0 Å². The van der Waals surface area contributed by atoms with E-state index in [1.165, 1.54) is 4.90 Å². The Balaban J connectivity index is 1.75. The summed E-state index contributed by atoms with van der Waals surface area (Å²) < 4.78 is 5.23. The minimum Gasteiger partial charge on any atom is -0.379 e. The smallest absolute Gasteiger partial charge is 0.230 e. The third kappa shape index (κ3) is 3.24. The van der Waals surface area contributed by atoms with E-state index in [1.54, 1.807) is 0 Å². The molecule has 2 saturated heterocycles. The summed E-state index contributed by atoms with van der Waals surface area (Å²) in [6.45, 7) is 4.24. The third-order valence-corrected chi connectivity index (χ3v) is 3.20. The van der Waals surface area contributed by atoms with Gasteiger partial charge in [-0.15, -0.1) is 0 Å². The Kier molecular flexibility index (Phi) is 4.09. The van der Waals surface area contributed by atoms with Crippen molar-refractivity contribution in [3.8, 4) is 0 Å². The van der Waals surface area contributed by atoms with Crippen molar-refractivity contribution in [3.63, 3.8) is 0 Å². The van der Waals surface area contributed by atoms with Gasteiger partial charge in [0, 0.05) is 45.1 Å². The highest BCUT2D eigenvalue weighted by Gasteiger charge is 2.31. The van der Waals surface area contributed by atoms with Crippen molar-refractivity contribution in [3.05, 3.63) is 0 Å². The van der Waals surface area contributed by atoms with Crippen molar-refractivity contribution in [1.82, 2.24) is 9.80 Å². The molecule has 2 aliphatic heterocycles. The highest BCUT2D eigenvalue weighted by atomic mass is 16.5. The first-order chi connectivity index (χ1) is 8.16. The number of morpholine rings is 1. The molecule has 0 aromatic carbocycles. The zero-order valence-electron chi connectivity index (χ0n) is 9.93. The van der Waals surface area contributed by atoms with Crippen LogP contribution < -0.4 is 5.73 Å². The number of rotatable bonds is 3. The van der Waals surface area contributed by atoms with Gasteiger partial charge in [0.15, 0.2) is 0 Å². The lowest BCUT2D eigenvalue weighted by atomic mass is 10.3. The lowest BCUT2D eigenvalue weighted by Gasteiger charge is -2.26. The van der Waals surface area contributed by atoms with Gasteiger partial charge in [0.1, 0.15) is 0 Å². The molecule has 17 heavy (non-hydrogen) atoms. The van der Waals surface area contributed by atoms with Crippen LogP contribution in [0.1, 0.15) is 12.8 Å². The summed E-state index contributed by atoms with van der Waals surface area (Å²) >= 11 is 0. The molecule has 2 N–H and O–H groups in total. The molecule has 2 aliphatic rings. The maximum Gasteiger partial charge on any atom is 0.230 e. The SMILES string of the molecule is NC1CC(=O)N(C(=O)CCN2CCOCC2)C1. The van der Waals surface area contributed by atoms with Crippen LogP contribution in [0.2, 0.25) is 0 Å². The Bertz CT molecular complexity index is 302. The maximum atomic E-state index is 11.8. The number of carbonyl (C=O) groups excluding carboxylic acids is 2. The summed E-state index contributed by atoms with van der Waals surface area (Å²) in [6.07, 6.45) is 0.682. The van der Waals surface area contributed by atoms with Gasteiger partial charge in [-0.25, -0.2) is 0 Å². The molecule has 0 saturated carbocycles. The lowest BCUT2D eigenvalue weighted by Crippen LogP contribution is -2.40. The molecule has 6 nitrogen and oxygen atoms in total. The molecule has 2 fully saturated rings. The van der Waals surface area contributed by atoms with E-state index in [-0.39, 0.29) is 17.9 Å². The van der Waals surface area contributed by atoms with E-state index in [2.05, 4.69) is 4.90 Å². The predicted molar refractivity (Wildman–Crippen MR) is 61.2 cm³/mol. The van der Waals surface area contributed by atoms with Crippen LogP contribution in [0, 0.1) is 0 Å². The number of hydrogen-bond donors (Lipinski definition) is 1. The van der Waals surface area contributed by atoms with Gasteiger partial charge in [-0.3, -0.25) is 19.4 Å². The standard InChI is InChI=1S/C11H19N3O3/c12-9-7-11(16)14(8-9)10(15)1-2-13-3-5-17-6-4-13/h9H,1-8,12H2. The number of nitrogens with two attached hydrogens (primary N) is 1. The van der Waals surface area contributed by atoms with Crippen molar-refractivity contribution < 1.29 is 14.3 Å². The number of likely N-dealkylation sites (tertiary alicyclic amines) is 1. The quantitative estimate of drug-likeness (QED) is 0.671. The second-order valence-electron chi connectivity index (χ2n) is 4.57. The summed E-state index contributed by atoms with van der Waals surface area (Å²) in [5, 5.41) is 0. The van der Waals surface area contributed by atoms with E-state index in [0.717, 1.165) is 26.3 Å². The van der Waals surface area contributed by atoms with E-state index in [4.69, 9.17) is 10.5 Å². The summed E-state index contributed by atoms with van der Waals surface area (Å²) in [6, 6.07) is -0.185. The monoisotopic (exact) mass is 241 g/mol. The second kappa shape index (κ2) is 5.57. The van der Waals surface area contributed by atoms with Crippen molar-refractivity contribution in [2.75, 3.05) is 39.4 Å². The maximum absolute atomic E-state index is 11.8. The van der Waals surface area contributed by atoms with Gasteiger partial charge in [-0.2, -0.15) is 0 Å². The molecule has 0 aromatic heterocycles. The molecule has 0 bridgehead atoms. The topological polar surface area (TPSA) is 75.9 Å². The molecule has 2 rings (SSSR count). The first-order valence-electron chi connectivity index (χ1n) is 6.05. The number of ether oxygens (including phenoxy) is 1. The van der Waals surface area contributed by atoms with Crippen molar-refractivity contribution in [1.29, 1.82) is 0 Å². The Hall–Kier alpha value is -0.980. The largest absolute Gasteiger partial charge is 0.379 e. The molecule has 0 aliphatic carbocycles. The first kappa shape index (κ1) is 12.5. The number of hydrogen-bond acceptors (Lipinski definition) is 5. The second-order valence-corrected chi connectivity index (χ2v) is 4.57. The van der Waals surface area contributed by atoms with E-state index in [1.807, 2.05) is 0 Å². The predicted octanol–water partition coefficient (Wildman–Crippen LogP) is -1.21. The Labute approximate surface area is 101 Å². The number of amides is 2. The van der Waals surface area contributed by atoms with Gasteiger partial charge in [0.2, 0.25) is 11.8 Å². The van der Waals surface area contributed by atoms with Crippen LogP contribution in [0.15, 0.2) is 0 Å². The fourth-order valence-corrected chi connectivity index (χ4v) is 2.19. The minimum atomic E-state index is -0.185. The zero-order chi connectivity index (χ0) is 12.3. The zero-order valence-corrected chi connectivity index (χ0v) is 9.93. The van der Waals surface area contributed by atoms with Crippen LogP contribution in [-0.2, 0) is 14.3 Å². The third-order valence-electron chi connectivity index (χ3n) is 3.20. The Morgan fingerprint density at radius 3 is 2.71 bits per heavy atom. The van der Waals surface area contributed by atoms with Crippen LogP contribution in [0.25, 0.3) is 0 Å². The summed E-state index contributed by atoms with van der Waals surface area (Å²) in [4.78, 5) is 26.8. The summed E-state index contributed by atoms with van der Waals surface area (Å²) in [5.41, 5.74) is 5.65. The van der Waals surface area contributed by atoms with Crippen molar-refractivity contribution in [2.24, 2.45) is 5.73 Å². The highest BCUT2D eigenvalue weighted by Crippen LogP contribution is 2.11. The first-order valence-corrected chi connectivity index (χ1v) is 6.05. The summed E-state index contributed by atoms with van der Waals surface area (Å²) in [5.74, 6) is -0.237. The van der Waals surface area contributed by atoms with Crippen molar-refractivity contribution >= 4 is 11.8 Å². The molecule has 2 heterocycles. The van der Waals surface area contributed by atoms with Crippen LogP contribution in [-0.4, -0.2) is 67.0 Å². The average molecular weight is 241 g/mol. The average Bonchev–Trinajstić information content (AvgIpc) is 2.67. The van der Waals surface area contributed by atoms with Crippen LogP contribution in [0.3, 0.4) is 0 Å². The van der Waals surface area contributed by atoms with Crippen LogP contribution in [0.5, 0.6) is 0 Å². The van der Waals surface area contributed by atoms with E-state index in [0.29, 0.717) is 25.9 Å². The van der Waals surface area contributed by atoms with Gasteiger partial charge in [-0.05, 0) is 0 Å². The molecule has 0 radical (unpaired) electrons. The fraction of sp³-hybridized carbons (Fsp3) is 0.818. The summed E-state index contributed by atoms with van der Waals surface area (Å²) in [7, 11) is 0. The van der Waals surface area contributed by atoms with Gasteiger partial charge >= 0.3 is 0 Å². The Morgan fingerprint density at radius 1 is 1.41 bits per heavy atom. The van der Waals surface area contributed by atoms with E-state index >= 15 is 0 Å². The van der Waals surface area contributed by atoms with Crippen molar-refractivity contribution in [2.45, 2.75) is 18.9 Å². The molecule has 1 atom stereocenters. The molecule has 2 amide bonds. The van der Waals surface area contributed by atoms with Gasteiger partial charge in [0.25, 0.3) is 0 Å². The molecule has 0 aromatic rings. The van der Waals surface area contributed by atoms with Gasteiger partial charge < -0.3 is 10.5 Å². The van der Waals surface area contributed by atoms with Gasteiger partial charge in [0.05, 0.1) is 13.2 Å². The molecular formula is C11H19N3O3. The molecule has 1 unspecified atom stereocenters. The number of carbonyl (C=O) groups is 2. The molecule has 96 valence electrons. The molecule has 6 heteroatoms. The minimum absolute atomic E-state index is 0.102. The highest BCUT2D eigenvalue weighted by molar-refractivity contribution is 5.97. The molecular weight excluding hydrogens is 222 g/mol. The van der Waals surface area contributed by atoms with Crippen LogP contribution in [0.4, 0.5) is 0 Å². The normalized spacial score (nSPS) is 26.5. The van der Waals surface area contributed by atoms with Gasteiger partial charge in [-0.1, -0.05) is 0 Å². The number of nitrogens with zero attached hydrogens (tertiary/aromatic N) is 2. The molecule has 0 spiro atoms. The van der Waals surface area contributed by atoms with Crippen LogP contribution >= 0.6 is 0 Å².